The zero-order valence-electron chi connectivity index (χ0n) is 14.9. The molecule has 1 heterocycles. The van der Waals surface area contributed by atoms with Gasteiger partial charge in [0.25, 0.3) is 0 Å². The van der Waals surface area contributed by atoms with Gasteiger partial charge < -0.3 is 19.8 Å². The molecule has 130 valence electrons. The van der Waals surface area contributed by atoms with Gasteiger partial charge in [-0.3, -0.25) is 0 Å². The number of hydrogen-bond acceptors (Lipinski definition) is 4. The Balaban J connectivity index is 1.33. The Bertz CT molecular complexity index is 596. The van der Waals surface area contributed by atoms with Gasteiger partial charge in [0, 0.05) is 0 Å². The summed E-state index contributed by atoms with van der Waals surface area (Å²) >= 11 is 0. The summed E-state index contributed by atoms with van der Waals surface area (Å²) in [5, 5.41) is 0. The van der Waals surface area contributed by atoms with Gasteiger partial charge in [-0.15, -0.1) is 0 Å². The first kappa shape index (κ1) is 16.6. The van der Waals surface area contributed by atoms with Crippen LogP contribution in [0.15, 0.2) is 30.3 Å². The van der Waals surface area contributed by atoms with E-state index in [0.29, 0.717) is 24.5 Å². The van der Waals surface area contributed by atoms with Gasteiger partial charge in [0.1, 0.15) is 0 Å². The highest BCUT2D eigenvalue weighted by Crippen LogP contribution is 2.65. The normalized spacial score (nSPS) is 37.7. The summed E-state index contributed by atoms with van der Waals surface area (Å²) in [7, 11) is -0.356. The molecule has 4 aliphatic rings. The third-order valence-corrected chi connectivity index (χ3v) is 6.74. The molecule has 2 bridgehead atoms. The molecule has 1 saturated heterocycles. The van der Waals surface area contributed by atoms with Crippen LogP contribution in [0.2, 0.25) is 0 Å². The summed E-state index contributed by atoms with van der Waals surface area (Å²) in [5.41, 5.74) is 7.63. The van der Waals surface area contributed by atoms with E-state index in [2.05, 4.69) is 32.9 Å². The molecular formula is C19H28BNO3. The average molecular weight is 329 g/mol. The summed E-state index contributed by atoms with van der Waals surface area (Å²) in [6, 6.07) is 10.1. The Labute approximate surface area is 145 Å². The fourth-order valence-electron chi connectivity index (χ4n) is 5.05. The van der Waals surface area contributed by atoms with Crippen molar-refractivity contribution in [1.82, 2.24) is 0 Å². The van der Waals surface area contributed by atoms with Crippen LogP contribution in [-0.4, -0.2) is 31.4 Å². The monoisotopic (exact) mass is 329 g/mol. The van der Waals surface area contributed by atoms with Crippen molar-refractivity contribution < 1.29 is 14.0 Å². The van der Waals surface area contributed by atoms with E-state index < -0.39 is 0 Å². The summed E-state index contributed by atoms with van der Waals surface area (Å²) < 4.78 is 18.3. The van der Waals surface area contributed by atoms with Crippen molar-refractivity contribution in [2.75, 3.05) is 6.61 Å². The summed E-state index contributed by atoms with van der Waals surface area (Å²) in [6.07, 6.45) is 2.53. The molecule has 0 unspecified atom stereocenters. The maximum atomic E-state index is 6.38. The van der Waals surface area contributed by atoms with Crippen molar-refractivity contribution in [3.05, 3.63) is 35.9 Å². The second kappa shape index (κ2) is 5.84. The van der Waals surface area contributed by atoms with Gasteiger partial charge in [-0.25, -0.2) is 0 Å². The largest absolute Gasteiger partial charge is 0.478 e. The van der Waals surface area contributed by atoms with Crippen LogP contribution < -0.4 is 5.73 Å². The van der Waals surface area contributed by atoms with Gasteiger partial charge in [0.15, 0.2) is 0 Å². The van der Waals surface area contributed by atoms with Crippen LogP contribution in [0.25, 0.3) is 0 Å². The predicted molar refractivity (Wildman–Crippen MR) is 94.2 cm³/mol. The lowest BCUT2D eigenvalue weighted by atomic mass is 9.43. The van der Waals surface area contributed by atoms with E-state index in [4.69, 9.17) is 19.8 Å². The molecule has 3 aliphatic carbocycles. The van der Waals surface area contributed by atoms with Crippen LogP contribution in [0.1, 0.15) is 39.2 Å². The van der Waals surface area contributed by atoms with Gasteiger partial charge in [-0.1, -0.05) is 44.2 Å². The molecule has 5 heteroatoms. The molecule has 1 aromatic rings. The van der Waals surface area contributed by atoms with E-state index in [1.807, 2.05) is 18.2 Å². The molecule has 0 spiro atoms. The van der Waals surface area contributed by atoms with Gasteiger partial charge in [0.05, 0.1) is 30.9 Å². The van der Waals surface area contributed by atoms with E-state index in [9.17, 15) is 0 Å². The van der Waals surface area contributed by atoms with E-state index >= 15 is 0 Å². The van der Waals surface area contributed by atoms with Gasteiger partial charge in [0.2, 0.25) is 0 Å². The Kier molecular flexibility index (Phi) is 4.03. The number of benzene rings is 1. The van der Waals surface area contributed by atoms with E-state index in [1.165, 1.54) is 6.42 Å². The molecule has 24 heavy (non-hydrogen) atoms. The molecule has 3 saturated carbocycles. The molecule has 1 aromatic carbocycles. The van der Waals surface area contributed by atoms with Crippen molar-refractivity contribution in [3.63, 3.8) is 0 Å². The van der Waals surface area contributed by atoms with Crippen LogP contribution in [0.4, 0.5) is 0 Å². The number of rotatable bonds is 5. The molecule has 4 fully saturated rings. The molecule has 2 N–H and O–H groups in total. The maximum Gasteiger partial charge on any atom is 0.478 e. The number of hydrogen-bond donors (Lipinski definition) is 1. The lowest BCUT2D eigenvalue weighted by Gasteiger charge is -2.64. The molecule has 1 aliphatic heterocycles. The molecule has 0 amide bonds. The van der Waals surface area contributed by atoms with Gasteiger partial charge in [-0.2, -0.15) is 0 Å². The fourth-order valence-corrected chi connectivity index (χ4v) is 5.05. The first-order valence-electron chi connectivity index (χ1n) is 9.12. The highest BCUT2D eigenvalue weighted by atomic mass is 16.7. The minimum absolute atomic E-state index is 0.180. The van der Waals surface area contributed by atoms with Crippen molar-refractivity contribution in [2.45, 2.75) is 57.9 Å². The Morgan fingerprint density at radius 2 is 2.00 bits per heavy atom. The van der Waals surface area contributed by atoms with Gasteiger partial charge in [-0.05, 0) is 42.6 Å². The lowest BCUT2D eigenvalue weighted by Crippen LogP contribution is -2.65. The molecule has 5 atom stereocenters. The Morgan fingerprint density at radius 3 is 2.71 bits per heavy atom. The van der Waals surface area contributed by atoms with Crippen molar-refractivity contribution >= 4 is 7.12 Å². The van der Waals surface area contributed by atoms with Crippen LogP contribution >= 0.6 is 0 Å². The number of nitrogens with two attached hydrogens (primary N) is 1. The molecule has 0 aromatic heterocycles. The molecule has 0 radical (unpaired) electrons. The van der Waals surface area contributed by atoms with Crippen molar-refractivity contribution in [3.8, 4) is 0 Å². The zero-order chi connectivity index (χ0) is 16.9. The second-order valence-electron chi connectivity index (χ2n) is 8.50. The predicted octanol–water partition coefficient (Wildman–Crippen LogP) is 2.80. The SMILES string of the molecule is CC1(C)[C@@H]2C[C@H]3OB([C@@H](N)COCc4ccccc4)O[C@@]3(C)[C@H]1C2. The minimum Gasteiger partial charge on any atom is -0.404 e. The topological polar surface area (TPSA) is 53.7 Å². The van der Waals surface area contributed by atoms with Crippen LogP contribution in [0, 0.1) is 17.3 Å². The van der Waals surface area contributed by atoms with E-state index in [0.717, 1.165) is 17.9 Å². The first-order chi connectivity index (χ1) is 11.4. The Hall–Kier alpha value is -0.875. The summed E-state index contributed by atoms with van der Waals surface area (Å²) in [5.74, 6) is 1.07. The Morgan fingerprint density at radius 1 is 1.25 bits per heavy atom. The quantitative estimate of drug-likeness (QED) is 0.844. The lowest BCUT2D eigenvalue weighted by molar-refractivity contribution is -0.199. The zero-order valence-corrected chi connectivity index (χ0v) is 14.9. The average Bonchev–Trinajstić information content (AvgIpc) is 2.92. The third-order valence-electron chi connectivity index (χ3n) is 6.74. The van der Waals surface area contributed by atoms with Crippen molar-refractivity contribution in [1.29, 1.82) is 0 Å². The number of ether oxygens (including phenoxy) is 1. The highest BCUT2D eigenvalue weighted by molar-refractivity contribution is 6.47. The van der Waals surface area contributed by atoms with E-state index in [1.54, 1.807) is 0 Å². The third kappa shape index (κ3) is 2.53. The van der Waals surface area contributed by atoms with E-state index in [-0.39, 0.29) is 24.8 Å². The van der Waals surface area contributed by atoms with Crippen LogP contribution in [-0.2, 0) is 20.7 Å². The molecule has 4 nitrogen and oxygen atoms in total. The smallest absolute Gasteiger partial charge is 0.404 e. The highest BCUT2D eigenvalue weighted by Gasteiger charge is 2.68. The van der Waals surface area contributed by atoms with Gasteiger partial charge >= 0.3 is 7.12 Å². The molecule has 5 rings (SSSR count). The second-order valence-corrected chi connectivity index (χ2v) is 8.50. The fraction of sp³-hybridized carbons (Fsp3) is 0.684. The summed E-state index contributed by atoms with van der Waals surface area (Å²) in [6.45, 7) is 7.97. The maximum absolute atomic E-state index is 6.38. The standard InChI is InChI=1S/C19H28BNO3/c1-18(2)14-9-15(18)19(3)16(10-14)23-20(24-19)17(21)12-22-11-13-7-5-4-6-8-13/h4-8,14-17H,9-12,21H2,1-3H3/t14-,15-,16+,17-,19-/m0/s1. The first-order valence-corrected chi connectivity index (χ1v) is 9.12. The summed E-state index contributed by atoms with van der Waals surface area (Å²) in [4.78, 5) is 0. The van der Waals surface area contributed by atoms with Crippen molar-refractivity contribution in [2.24, 2.45) is 23.0 Å². The minimum atomic E-state index is -0.356. The van der Waals surface area contributed by atoms with Crippen LogP contribution in [0.3, 0.4) is 0 Å². The van der Waals surface area contributed by atoms with Crippen LogP contribution in [0.5, 0.6) is 0 Å². The molecular weight excluding hydrogens is 301 g/mol.